The van der Waals surface area contributed by atoms with E-state index in [4.69, 9.17) is 9.15 Å². The molecule has 0 aromatic carbocycles. The summed E-state index contributed by atoms with van der Waals surface area (Å²) < 4.78 is 38.4. The molecule has 1 aliphatic heterocycles. The summed E-state index contributed by atoms with van der Waals surface area (Å²) in [7, 11) is -3.59. The van der Waals surface area contributed by atoms with E-state index in [1.165, 1.54) is 0 Å². The largest absolute Gasteiger partial charge is 0.464 e. The van der Waals surface area contributed by atoms with Crippen LogP contribution in [0.3, 0.4) is 0 Å². The standard InChI is InChI=1S/C13H22N2O4S/c1-4-14-8-11-7-12(10(2)19-11)20(16,17)15-13(3)5-6-18-9-13/h7,14-15H,4-6,8-9H2,1-3H3. The van der Waals surface area contributed by atoms with Crippen LogP contribution < -0.4 is 10.0 Å². The molecule has 1 fully saturated rings. The highest BCUT2D eigenvalue weighted by Gasteiger charge is 2.35. The summed E-state index contributed by atoms with van der Waals surface area (Å²) in [6.45, 7) is 7.80. The number of rotatable bonds is 6. The number of furan rings is 1. The molecule has 2 heterocycles. The molecule has 0 radical (unpaired) electrons. The third-order valence-corrected chi connectivity index (χ3v) is 5.11. The first kappa shape index (κ1) is 15.5. The molecule has 1 aliphatic rings. The van der Waals surface area contributed by atoms with Crippen molar-refractivity contribution in [1.82, 2.24) is 10.0 Å². The lowest BCUT2D eigenvalue weighted by Gasteiger charge is -2.22. The molecule has 1 saturated heterocycles. The minimum Gasteiger partial charge on any atom is -0.464 e. The van der Waals surface area contributed by atoms with Crippen LogP contribution in [-0.2, 0) is 21.3 Å². The molecule has 6 nitrogen and oxygen atoms in total. The zero-order valence-electron chi connectivity index (χ0n) is 12.2. The van der Waals surface area contributed by atoms with E-state index >= 15 is 0 Å². The van der Waals surface area contributed by atoms with Gasteiger partial charge in [0.25, 0.3) is 0 Å². The normalized spacial score (nSPS) is 23.4. The first-order valence-corrected chi connectivity index (χ1v) is 8.26. The van der Waals surface area contributed by atoms with Crippen LogP contribution in [0.4, 0.5) is 0 Å². The maximum atomic E-state index is 12.5. The summed E-state index contributed by atoms with van der Waals surface area (Å²) in [5.74, 6) is 1.03. The second kappa shape index (κ2) is 5.85. The highest BCUT2D eigenvalue weighted by molar-refractivity contribution is 7.89. The van der Waals surface area contributed by atoms with Gasteiger partial charge in [-0.3, -0.25) is 0 Å². The fraction of sp³-hybridized carbons (Fsp3) is 0.692. The maximum Gasteiger partial charge on any atom is 0.244 e. The lowest BCUT2D eigenvalue weighted by atomic mass is 10.0. The summed E-state index contributed by atoms with van der Waals surface area (Å²) in [5, 5.41) is 3.11. The second-order valence-electron chi connectivity index (χ2n) is 5.38. The zero-order valence-corrected chi connectivity index (χ0v) is 13.0. The van der Waals surface area contributed by atoms with Gasteiger partial charge in [0, 0.05) is 12.7 Å². The Hall–Kier alpha value is -0.890. The highest BCUT2D eigenvalue weighted by Crippen LogP contribution is 2.24. The molecule has 1 unspecified atom stereocenters. The minimum atomic E-state index is -3.59. The molecular weight excluding hydrogens is 280 g/mol. The van der Waals surface area contributed by atoms with Crippen LogP contribution in [-0.4, -0.2) is 33.7 Å². The van der Waals surface area contributed by atoms with Gasteiger partial charge in [-0.05, 0) is 26.8 Å². The molecule has 1 aromatic rings. The van der Waals surface area contributed by atoms with Gasteiger partial charge in [-0.2, -0.15) is 0 Å². The van der Waals surface area contributed by atoms with Crippen LogP contribution in [0.2, 0.25) is 0 Å². The predicted octanol–water partition coefficient (Wildman–Crippen LogP) is 1.15. The van der Waals surface area contributed by atoms with E-state index in [0.717, 1.165) is 6.54 Å². The van der Waals surface area contributed by atoms with Crippen LogP contribution in [0.15, 0.2) is 15.4 Å². The molecule has 114 valence electrons. The Bertz CT molecular complexity index is 559. The Balaban J connectivity index is 2.18. The van der Waals surface area contributed by atoms with Crippen LogP contribution in [0, 0.1) is 6.92 Å². The number of sulfonamides is 1. The Labute approximate surface area is 119 Å². The monoisotopic (exact) mass is 302 g/mol. The van der Waals surface area contributed by atoms with Crippen molar-refractivity contribution in [1.29, 1.82) is 0 Å². The number of nitrogens with one attached hydrogen (secondary N) is 2. The van der Waals surface area contributed by atoms with Crippen LogP contribution >= 0.6 is 0 Å². The Morgan fingerprint density at radius 1 is 1.45 bits per heavy atom. The van der Waals surface area contributed by atoms with E-state index in [9.17, 15) is 8.42 Å². The van der Waals surface area contributed by atoms with E-state index < -0.39 is 15.6 Å². The first-order chi connectivity index (χ1) is 9.36. The smallest absolute Gasteiger partial charge is 0.244 e. The van der Waals surface area contributed by atoms with E-state index in [-0.39, 0.29) is 4.90 Å². The molecule has 7 heteroatoms. The van der Waals surface area contributed by atoms with Gasteiger partial charge in [0.1, 0.15) is 16.4 Å². The maximum absolute atomic E-state index is 12.5. The molecule has 0 saturated carbocycles. The van der Waals surface area contributed by atoms with Gasteiger partial charge in [0.2, 0.25) is 10.0 Å². The Morgan fingerprint density at radius 2 is 2.20 bits per heavy atom. The Kier molecular flexibility index (Phi) is 4.53. The highest BCUT2D eigenvalue weighted by atomic mass is 32.2. The van der Waals surface area contributed by atoms with Crippen LogP contribution in [0.5, 0.6) is 0 Å². The van der Waals surface area contributed by atoms with Crippen LogP contribution in [0.1, 0.15) is 31.8 Å². The van der Waals surface area contributed by atoms with Crippen molar-refractivity contribution in [2.45, 2.75) is 44.2 Å². The van der Waals surface area contributed by atoms with E-state index in [1.54, 1.807) is 13.0 Å². The number of aryl methyl sites for hydroxylation is 1. The summed E-state index contributed by atoms with van der Waals surface area (Å²) in [5.41, 5.74) is -0.537. The molecular formula is C13H22N2O4S. The van der Waals surface area contributed by atoms with Gasteiger partial charge in [-0.15, -0.1) is 0 Å². The lowest BCUT2D eigenvalue weighted by molar-refractivity contribution is 0.178. The van der Waals surface area contributed by atoms with Crippen molar-refractivity contribution in [2.75, 3.05) is 19.8 Å². The molecule has 1 aromatic heterocycles. The van der Waals surface area contributed by atoms with Gasteiger partial charge >= 0.3 is 0 Å². The van der Waals surface area contributed by atoms with Gasteiger partial charge in [-0.1, -0.05) is 6.92 Å². The summed E-state index contributed by atoms with van der Waals surface area (Å²) in [6.07, 6.45) is 0.674. The quantitative estimate of drug-likeness (QED) is 0.824. The van der Waals surface area contributed by atoms with E-state index in [0.29, 0.717) is 37.7 Å². The van der Waals surface area contributed by atoms with Gasteiger partial charge in [-0.25, -0.2) is 13.1 Å². The lowest BCUT2D eigenvalue weighted by Crippen LogP contribution is -2.46. The number of hydrogen-bond donors (Lipinski definition) is 2. The molecule has 20 heavy (non-hydrogen) atoms. The van der Waals surface area contributed by atoms with E-state index in [2.05, 4.69) is 10.0 Å². The number of hydrogen-bond acceptors (Lipinski definition) is 5. The topological polar surface area (TPSA) is 80.6 Å². The fourth-order valence-electron chi connectivity index (χ4n) is 2.25. The fourth-order valence-corrected chi connectivity index (χ4v) is 3.88. The van der Waals surface area contributed by atoms with Crippen molar-refractivity contribution >= 4 is 10.0 Å². The van der Waals surface area contributed by atoms with Gasteiger partial charge < -0.3 is 14.5 Å². The average Bonchev–Trinajstić information content (AvgIpc) is 2.93. The third kappa shape index (κ3) is 3.41. The third-order valence-electron chi connectivity index (χ3n) is 3.36. The number of ether oxygens (including phenoxy) is 1. The van der Waals surface area contributed by atoms with Gasteiger partial charge in [0.05, 0.1) is 18.7 Å². The summed E-state index contributed by atoms with van der Waals surface area (Å²) in [6, 6.07) is 1.58. The molecule has 0 bridgehead atoms. The molecule has 2 N–H and O–H groups in total. The second-order valence-corrected chi connectivity index (χ2v) is 7.03. The summed E-state index contributed by atoms with van der Waals surface area (Å²) >= 11 is 0. The van der Waals surface area contributed by atoms with Crippen molar-refractivity contribution in [2.24, 2.45) is 0 Å². The Morgan fingerprint density at radius 3 is 2.80 bits per heavy atom. The molecule has 0 aliphatic carbocycles. The van der Waals surface area contributed by atoms with Crippen LogP contribution in [0.25, 0.3) is 0 Å². The molecule has 0 spiro atoms. The first-order valence-electron chi connectivity index (χ1n) is 6.78. The van der Waals surface area contributed by atoms with Crippen molar-refractivity contribution < 1.29 is 17.6 Å². The van der Waals surface area contributed by atoms with Gasteiger partial charge in [0.15, 0.2) is 0 Å². The van der Waals surface area contributed by atoms with E-state index in [1.807, 2.05) is 13.8 Å². The predicted molar refractivity (Wildman–Crippen MR) is 75.0 cm³/mol. The zero-order chi connectivity index (χ0) is 14.8. The minimum absolute atomic E-state index is 0.207. The SMILES string of the molecule is CCNCc1cc(S(=O)(=O)NC2(C)CCOC2)c(C)o1. The summed E-state index contributed by atoms with van der Waals surface area (Å²) in [4.78, 5) is 0.207. The molecule has 1 atom stereocenters. The van der Waals surface area contributed by atoms with Crippen molar-refractivity contribution in [3.05, 3.63) is 17.6 Å². The molecule has 0 amide bonds. The van der Waals surface area contributed by atoms with Crippen molar-refractivity contribution in [3.8, 4) is 0 Å². The molecule has 2 rings (SSSR count). The average molecular weight is 302 g/mol. The van der Waals surface area contributed by atoms with Crippen molar-refractivity contribution in [3.63, 3.8) is 0 Å².